The van der Waals surface area contributed by atoms with Crippen LogP contribution in [0.4, 0.5) is 13.2 Å². The van der Waals surface area contributed by atoms with Crippen LogP contribution in [0.5, 0.6) is 0 Å². The molecular formula is C19H18F3N3O5. The minimum absolute atomic E-state index is 0.0398. The van der Waals surface area contributed by atoms with E-state index in [0.29, 0.717) is 36.6 Å². The standard InChI is InChI=1S/C15H14F3N3O.C4H4O4/c16-10-5-12(18)11(17)2-7(10)3-13(20)15(22)21-9(6-19)1-8-4-14(8)21;5-3(6)1-2-4(7)8/h2,5,8-9,13-14H,1,3-4,20H2;1-2H,(H,5,6)(H,7,8)/b;2-1+/t8?,9-,13-,14-;/m0./s1. The minimum atomic E-state index is -1.29. The lowest BCUT2D eigenvalue weighted by atomic mass is 10.0. The predicted octanol–water partition coefficient (Wildman–Crippen LogP) is 1.20. The molecule has 4 N–H and O–H groups in total. The summed E-state index contributed by atoms with van der Waals surface area (Å²) in [4.78, 5) is 33.0. The van der Waals surface area contributed by atoms with Crippen molar-refractivity contribution in [3.8, 4) is 6.07 Å². The van der Waals surface area contributed by atoms with E-state index < -0.39 is 47.4 Å². The van der Waals surface area contributed by atoms with Gasteiger partial charge in [-0.05, 0) is 36.8 Å². The van der Waals surface area contributed by atoms with Crippen LogP contribution in [0.15, 0.2) is 24.3 Å². The first-order chi connectivity index (χ1) is 14.0. The average Bonchev–Trinajstić information content (AvgIpc) is 3.34. The molecule has 0 spiro atoms. The number of hydrogen-bond donors (Lipinski definition) is 3. The Labute approximate surface area is 169 Å². The van der Waals surface area contributed by atoms with E-state index in [1.807, 2.05) is 0 Å². The third-order valence-electron chi connectivity index (χ3n) is 4.72. The fraction of sp³-hybridized carbons (Fsp3) is 0.368. The van der Waals surface area contributed by atoms with E-state index in [2.05, 4.69) is 6.07 Å². The largest absolute Gasteiger partial charge is 0.478 e. The molecule has 1 saturated heterocycles. The topological polar surface area (TPSA) is 145 Å². The highest BCUT2D eigenvalue weighted by atomic mass is 19.2. The maximum absolute atomic E-state index is 13.6. The van der Waals surface area contributed by atoms with Crippen LogP contribution in [0, 0.1) is 34.7 Å². The Balaban J connectivity index is 0.000000343. The summed E-state index contributed by atoms with van der Waals surface area (Å²) in [6.45, 7) is 0. The summed E-state index contributed by atoms with van der Waals surface area (Å²) in [6, 6.07) is 1.67. The van der Waals surface area contributed by atoms with Crippen LogP contribution < -0.4 is 5.73 Å². The lowest BCUT2D eigenvalue weighted by molar-refractivity contribution is -0.134. The number of piperidine rings is 1. The van der Waals surface area contributed by atoms with E-state index >= 15 is 0 Å². The van der Waals surface area contributed by atoms with Gasteiger partial charge in [-0.15, -0.1) is 0 Å². The van der Waals surface area contributed by atoms with Crippen molar-refractivity contribution in [2.45, 2.75) is 37.4 Å². The summed E-state index contributed by atoms with van der Waals surface area (Å²) in [5.41, 5.74) is 5.65. The summed E-state index contributed by atoms with van der Waals surface area (Å²) in [5.74, 6) is -6.02. The quantitative estimate of drug-likeness (QED) is 0.475. The van der Waals surface area contributed by atoms with Gasteiger partial charge in [0.15, 0.2) is 11.6 Å². The van der Waals surface area contributed by atoms with Gasteiger partial charge in [-0.25, -0.2) is 22.8 Å². The number of amides is 1. The number of likely N-dealkylation sites (tertiary alicyclic amines) is 1. The van der Waals surface area contributed by atoms with Gasteiger partial charge in [-0.2, -0.15) is 5.26 Å². The van der Waals surface area contributed by atoms with Gasteiger partial charge < -0.3 is 20.8 Å². The molecule has 1 aliphatic carbocycles. The highest BCUT2D eigenvalue weighted by Gasteiger charge is 2.54. The molecule has 1 aromatic carbocycles. The summed E-state index contributed by atoms with van der Waals surface area (Å²) < 4.78 is 39.7. The van der Waals surface area contributed by atoms with Crippen LogP contribution in [0.3, 0.4) is 0 Å². The van der Waals surface area contributed by atoms with Crippen LogP contribution >= 0.6 is 0 Å². The van der Waals surface area contributed by atoms with E-state index in [9.17, 15) is 27.6 Å². The van der Waals surface area contributed by atoms with Crippen molar-refractivity contribution < 1.29 is 37.8 Å². The number of carbonyl (C=O) groups is 3. The van der Waals surface area contributed by atoms with Crippen molar-refractivity contribution in [3.05, 3.63) is 47.3 Å². The molecule has 8 nitrogen and oxygen atoms in total. The van der Waals surface area contributed by atoms with E-state index in [0.717, 1.165) is 6.42 Å². The van der Waals surface area contributed by atoms with E-state index in [1.165, 1.54) is 4.90 Å². The smallest absolute Gasteiger partial charge is 0.328 e. The van der Waals surface area contributed by atoms with Gasteiger partial charge in [0.25, 0.3) is 0 Å². The van der Waals surface area contributed by atoms with Crippen LogP contribution in [-0.4, -0.2) is 51.1 Å². The van der Waals surface area contributed by atoms with Gasteiger partial charge >= 0.3 is 11.9 Å². The van der Waals surface area contributed by atoms with Crippen LogP contribution in [-0.2, 0) is 20.8 Å². The van der Waals surface area contributed by atoms with Gasteiger partial charge in [-0.3, -0.25) is 4.79 Å². The molecule has 0 radical (unpaired) electrons. The van der Waals surface area contributed by atoms with Gasteiger partial charge in [0.2, 0.25) is 5.91 Å². The zero-order valence-corrected chi connectivity index (χ0v) is 15.5. The van der Waals surface area contributed by atoms with Gasteiger partial charge in [0.1, 0.15) is 11.9 Å². The molecule has 4 atom stereocenters. The van der Waals surface area contributed by atoms with Crippen molar-refractivity contribution in [2.75, 3.05) is 0 Å². The number of benzene rings is 1. The van der Waals surface area contributed by atoms with Crippen molar-refractivity contribution >= 4 is 17.8 Å². The molecule has 0 bridgehead atoms. The molecule has 3 rings (SSSR count). The molecule has 160 valence electrons. The summed E-state index contributed by atoms with van der Waals surface area (Å²) >= 11 is 0. The van der Waals surface area contributed by atoms with Crippen LogP contribution in [0.1, 0.15) is 18.4 Å². The summed E-state index contributed by atoms with van der Waals surface area (Å²) in [5, 5.41) is 24.7. The number of nitrogens with two attached hydrogens (primary N) is 1. The molecule has 2 aliphatic rings. The Bertz CT molecular complexity index is 915. The molecule has 1 unspecified atom stereocenters. The second-order valence-corrected chi connectivity index (χ2v) is 6.87. The molecule has 2 fully saturated rings. The molecule has 30 heavy (non-hydrogen) atoms. The first kappa shape index (κ1) is 22.9. The minimum Gasteiger partial charge on any atom is -0.478 e. The van der Waals surface area contributed by atoms with E-state index in [-0.39, 0.29) is 18.0 Å². The van der Waals surface area contributed by atoms with Crippen molar-refractivity contribution in [3.63, 3.8) is 0 Å². The Kier molecular flexibility index (Phi) is 7.18. The number of rotatable bonds is 5. The Morgan fingerprint density at radius 1 is 1.13 bits per heavy atom. The highest BCUT2D eigenvalue weighted by Crippen LogP contribution is 2.47. The van der Waals surface area contributed by atoms with Gasteiger partial charge in [-0.1, -0.05) is 0 Å². The summed E-state index contributed by atoms with van der Waals surface area (Å²) in [7, 11) is 0. The lowest BCUT2D eigenvalue weighted by Gasteiger charge is -2.26. The molecule has 1 saturated carbocycles. The number of fused-ring (bicyclic) bond motifs is 1. The highest BCUT2D eigenvalue weighted by molar-refractivity contribution is 5.89. The molecule has 1 aliphatic heterocycles. The number of hydrogen-bond acceptors (Lipinski definition) is 5. The second kappa shape index (κ2) is 9.41. The first-order valence-corrected chi connectivity index (χ1v) is 8.79. The average molecular weight is 425 g/mol. The summed E-state index contributed by atoms with van der Waals surface area (Å²) in [6.07, 6.45) is 2.37. The number of nitriles is 1. The zero-order valence-electron chi connectivity index (χ0n) is 15.5. The number of carboxylic acid groups (broad SMARTS) is 2. The molecule has 1 amide bonds. The third-order valence-corrected chi connectivity index (χ3v) is 4.72. The zero-order chi connectivity index (χ0) is 22.6. The maximum atomic E-state index is 13.6. The van der Waals surface area contributed by atoms with E-state index in [4.69, 9.17) is 21.2 Å². The monoisotopic (exact) mass is 425 g/mol. The molecule has 11 heteroatoms. The van der Waals surface area contributed by atoms with Crippen LogP contribution in [0.2, 0.25) is 0 Å². The molecular weight excluding hydrogens is 407 g/mol. The number of carbonyl (C=O) groups excluding carboxylic acids is 1. The third kappa shape index (κ3) is 5.57. The number of carboxylic acids is 2. The normalized spacial score (nSPS) is 22.5. The van der Waals surface area contributed by atoms with Gasteiger partial charge in [0, 0.05) is 24.3 Å². The predicted molar refractivity (Wildman–Crippen MR) is 95.2 cm³/mol. The second-order valence-electron chi connectivity index (χ2n) is 6.87. The number of nitrogens with zero attached hydrogens (tertiary/aromatic N) is 2. The Morgan fingerprint density at radius 3 is 2.23 bits per heavy atom. The van der Waals surface area contributed by atoms with Crippen molar-refractivity contribution in [2.24, 2.45) is 11.7 Å². The Hall–Kier alpha value is -3.39. The van der Waals surface area contributed by atoms with Crippen LogP contribution in [0.25, 0.3) is 0 Å². The maximum Gasteiger partial charge on any atom is 0.328 e. The molecule has 1 heterocycles. The molecule has 0 aromatic heterocycles. The fourth-order valence-corrected chi connectivity index (χ4v) is 3.27. The van der Waals surface area contributed by atoms with Crippen molar-refractivity contribution in [1.29, 1.82) is 5.26 Å². The van der Waals surface area contributed by atoms with Gasteiger partial charge in [0.05, 0.1) is 12.1 Å². The SMILES string of the molecule is N#C[C@@H]1CC2C[C@@H]2N1C(=O)[C@@H](N)Cc1cc(F)c(F)cc1F.O=C(O)/C=C/C(=O)O. The first-order valence-electron chi connectivity index (χ1n) is 8.79. The van der Waals surface area contributed by atoms with Crippen molar-refractivity contribution in [1.82, 2.24) is 4.90 Å². The Morgan fingerprint density at radius 2 is 1.70 bits per heavy atom. The fourth-order valence-electron chi connectivity index (χ4n) is 3.27. The lowest BCUT2D eigenvalue weighted by Crippen LogP contribution is -2.48. The van der Waals surface area contributed by atoms with E-state index in [1.54, 1.807) is 0 Å². The molecule has 1 aromatic rings. The number of aliphatic carboxylic acids is 2. The number of halogens is 3.